The Labute approximate surface area is 127 Å². The number of rotatable bonds is 7. The summed E-state index contributed by atoms with van der Waals surface area (Å²) in [5.74, 6) is 0. The molecule has 21 heavy (non-hydrogen) atoms. The molecule has 0 aliphatic rings. The number of hydrogen-bond donors (Lipinski definition) is 2. The van der Waals surface area contributed by atoms with E-state index in [1.54, 1.807) is 0 Å². The molecule has 0 aromatic heterocycles. The molecular weight excluding hydrogens is 260 g/mol. The predicted octanol–water partition coefficient (Wildman–Crippen LogP) is 2.97. The van der Waals surface area contributed by atoms with Gasteiger partial charge in [0.05, 0.1) is 6.61 Å². The zero-order valence-corrected chi connectivity index (χ0v) is 12.8. The first-order chi connectivity index (χ1) is 10.2. The molecule has 0 heterocycles. The van der Waals surface area contributed by atoms with E-state index in [9.17, 15) is 5.11 Å². The third-order valence-electron chi connectivity index (χ3n) is 3.78. The van der Waals surface area contributed by atoms with Crippen molar-refractivity contribution in [2.45, 2.75) is 19.5 Å². The second-order valence-electron chi connectivity index (χ2n) is 5.23. The van der Waals surface area contributed by atoms with Gasteiger partial charge in [-0.3, -0.25) is 0 Å². The lowest BCUT2D eigenvalue weighted by atomic mass is 10.1. The summed E-state index contributed by atoms with van der Waals surface area (Å²) in [6.45, 7) is 3.74. The number of nitrogens with zero attached hydrogens (tertiary/aromatic N) is 1. The predicted molar refractivity (Wildman–Crippen MR) is 88.5 cm³/mol. The first kappa shape index (κ1) is 15.5. The van der Waals surface area contributed by atoms with Crippen LogP contribution in [-0.2, 0) is 6.54 Å². The molecule has 112 valence electrons. The molecule has 2 aromatic carbocycles. The van der Waals surface area contributed by atoms with Gasteiger partial charge < -0.3 is 15.3 Å². The van der Waals surface area contributed by atoms with Crippen molar-refractivity contribution in [2.75, 3.05) is 25.1 Å². The Morgan fingerprint density at radius 3 is 2.29 bits per heavy atom. The first-order valence-electron chi connectivity index (χ1n) is 7.41. The van der Waals surface area contributed by atoms with Gasteiger partial charge in [0.25, 0.3) is 0 Å². The topological polar surface area (TPSA) is 35.5 Å². The van der Waals surface area contributed by atoms with Gasteiger partial charge in [0.2, 0.25) is 0 Å². The molecule has 2 aromatic rings. The summed E-state index contributed by atoms with van der Waals surface area (Å²) >= 11 is 0. The van der Waals surface area contributed by atoms with E-state index in [0.717, 1.165) is 12.2 Å². The molecule has 0 saturated carbocycles. The van der Waals surface area contributed by atoms with E-state index in [4.69, 9.17) is 0 Å². The normalized spacial score (nSPS) is 12.1. The highest BCUT2D eigenvalue weighted by molar-refractivity contribution is 5.48. The minimum absolute atomic E-state index is 0.154. The van der Waals surface area contributed by atoms with Gasteiger partial charge in [-0.05, 0) is 37.2 Å². The third-order valence-corrected chi connectivity index (χ3v) is 3.78. The summed E-state index contributed by atoms with van der Waals surface area (Å²) in [4.78, 5) is 2.20. The second-order valence-corrected chi connectivity index (χ2v) is 5.23. The van der Waals surface area contributed by atoms with Crippen LogP contribution in [0.15, 0.2) is 54.6 Å². The lowest BCUT2D eigenvalue weighted by Gasteiger charge is -2.24. The molecule has 1 unspecified atom stereocenters. The fourth-order valence-electron chi connectivity index (χ4n) is 2.36. The molecule has 2 N–H and O–H groups in total. The van der Waals surface area contributed by atoms with Crippen molar-refractivity contribution in [3.63, 3.8) is 0 Å². The van der Waals surface area contributed by atoms with E-state index in [-0.39, 0.29) is 6.61 Å². The Balaban J connectivity index is 2.14. The number of nitrogens with one attached hydrogen (secondary N) is 1. The summed E-state index contributed by atoms with van der Waals surface area (Å²) in [7, 11) is 1.96. The summed E-state index contributed by atoms with van der Waals surface area (Å²) in [5.41, 5.74) is 3.66. The second kappa shape index (κ2) is 7.81. The Hall–Kier alpha value is -1.84. The average Bonchev–Trinajstić information content (AvgIpc) is 2.55. The van der Waals surface area contributed by atoms with Crippen LogP contribution in [0.5, 0.6) is 0 Å². The van der Waals surface area contributed by atoms with Crippen LogP contribution in [0.2, 0.25) is 0 Å². The number of anilines is 1. The maximum Gasteiger partial charge on any atom is 0.0606 e. The molecule has 0 radical (unpaired) electrons. The van der Waals surface area contributed by atoms with Crippen molar-refractivity contribution in [1.29, 1.82) is 0 Å². The van der Waals surface area contributed by atoms with Gasteiger partial charge in [-0.15, -0.1) is 0 Å². The number of benzene rings is 2. The van der Waals surface area contributed by atoms with Crippen molar-refractivity contribution >= 4 is 5.69 Å². The molecule has 3 heteroatoms. The van der Waals surface area contributed by atoms with Crippen molar-refractivity contribution in [2.24, 2.45) is 0 Å². The molecule has 2 rings (SSSR count). The smallest absolute Gasteiger partial charge is 0.0606 e. The van der Waals surface area contributed by atoms with Crippen LogP contribution in [-0.4, -0.2) is 25.3 Å². The van der Waals surface area contributed by atoms with Gasteiger partial charge in [0, 0.05) is 24.8 Å². The molecular formula is C18H24N2O. The zero-order chi connectivity index (χ0) is 15.1. The van der Waals surface area contributed by atoms with Gasteiger partial charge >= 0.3 is 0 Å². The zero-order valence-electron chi connectivity index (χ0n) is 12.8. The molecule has 0 spiro atoms. The van der Waals surface area contributed by atoms with Crippen molar-refractivity contribution in [1.82, 2.24) is 5.32 Å². The van der Waals surface area contributed by atoms with E-state index in [0.29, 0.717) is 12.6 Å². The van der Waals surface area contributed by atoms with E-state index in [1.807, 2.05) is 25.2 Å². The highest BCUT2D eigenvalue weighted by Crippen LogP contribution is 2.20. The van der Waals surface area contributed by atoms with Crippen LogP contribution < -0.4 is 10.2 Å². The number of hydrogen-bond acceptors (Lipinski definition) is 3. The number of aliphatic hydroxyl groups excluding tert-OH is 1. The van der Waals surface area contributed by atoms with Crippen molar-refractivity contribution in [3.8, 4) is 0 Å². The molecule has 0 aliphatic heterocycles. The summed E-state index contributed by atoms with van der Waals surface area (Å²) < 4.78 is 0. The molecule has 0 bridgehead atoms. The van der Waals surface area contributed by atoms with Gasteiger partial charge in [0.15, 0.2) is 0 Å². The first-order valence-corrected chi connectivity index (χ1v) is 7.41. The van der Waals surface area contributed by atoms with Crippen LogP contribution in [0.1, 0.15) is 24.1 Å². The van der Waals surface area contributed by atoms with E-state index >= 15 is 0 Å². The average molecular weight is 284 g/mol. The summed E-state index contributed by atoms with van der Waals surface area (Å²) in [6, 6.07) is 19.2. The SMILES string of the molecule is CNC(C)c1ccc(N(CCO)Cc2ccccc2)cc1. The quantitative estimate of drug-likeness (QED) is 0.820. The third kappa shape index (κ3) is 4.31. The maximum absolute atomic E-state index is 9.31. The van der Waals surface area contributed by atoms with Gasteiger partial charge in [-0.25, -0.2) is 0 Å². The molecule has 0 fully saturated rings. The lowest BCUT2D eigenvalue weighted by Crippen LogP contribution is -2.26. The summed E-state index contributed by atoms with van der Waals surface area (Å²) in [5, 5.41) is 12.5. The van der Waals surface area contributed by atoms with E-state index in [2.05, 4.69) is 53.5 Å². The molecule has 0 saturated heterocycles. The fourth-order valence-corrected chi connectivity index (χ4v) is 2.36. The van der Waals surface area contributed by atoms with E-state index < -0.39 is 0 Å². The monoisotopic (exact) mass is 284 g/mol. The maximum atomic E-state index is 9.31. The minimum atomic E-state index is 0.154. The van der Waals surface area contributed by atoms with Crippen LogP contribution in [0.3, 0.4) is 0 Å². The van der Waals surface area contributed by atoms with Gasteiger partial charge in [-0.2, -0.15) is 0 Å². The Morgan fingerprint density at radius 1 is 1.05 bits per heavy atom. The van der Waals surface area contributed by atoms with E-state index in [1.165, 1.54) is 11.1 Å². The molecule has 1 atom stereocenters. The van der Waals surface area contributed by atoms with Crippen LogP contribution in [0.25, 0.3) is 0 Å². The van der Waals surface area contributed by atoms with Crippen LogP contribution in [0.4, 0.5) is 5.69 Å². The van der Waals surface area contributed by atoms with Crippen LogP contribution >= 0.6 is 0 Å². The van der Waals surface area contributed by atoms with Crippen LogP contribution in [0, 0.1) is 0 Å². The Kier molecular flexibility index (Phi) is 5.78. The Morgan fingerprint density at radius 2 is 1.71 bits per heavy atom. The highest BCUT2D eigenvalue weighted by atomic mass is 16.3. The minimum Gasteiger partial charge on any atom is -0.395 e. The van der Waals surface area contributed by atoms with Crippen molar-refractivity contribution in [3.05, 3.63) is 65.7 Å². The fraction of sp³-hybridized carbons (Fsp3) is 0.333. The van der Waals surface area contributed by atoms with Gasteiger partial charge in [0.1, 0.15) is 0 Å². The number of aliphatic hydroxyl groups is 1. The highest BCUT2D eigenvalue weighted by Gasteiger charge is 2.08. The lowest BCUT2D eigenvalue weighted by molar-refractivity contribution is 0.301. The molecule has 3 nitrogen and oxygen atoms in total. The summed E-state index contributed by atoms with van der Waals surface area (Å²) in [6.07, 6.45) is 0. The largest absolute Gasteiger partial charge is 0.395 e. The standard InChI is InChI=1S/C18H24N2O/c1-15(19-2)17-8-10-18(11-9-17)20(12-13-21)14-16-6-4-3-5-7-16/h3-11,15,19,21H,12-14H2,1-2H3. The van der Waals surface area contributed by atoms with Gasteiger partial charge in [-0.1, -0.05) is 42.5 Å². The molecule has 0 amide bonds. The van der Waals surface area contributed by atoms with Crippen molar-refractivity contribution < 1.29 is 5.11 Å². The molecule has 0 aliphatic carbocycles. The Bertz CT molecular complexity index is 525.